The summed E-state index contributed by atoms with van der Waals surface area (Å²) in [6.07, 6.45) is 2.00. The molecule has 0 spiro atoms. The normalized spacial score (nSPS) is 22.7. The Hall–Kier alpha value is -2.11. The Balaban J connectivity index is 2.00. The Kier molecular flexibility index (Phi) is 3.45. The smallest absolute Gasteiger partial charge is 0.306 e. The van der Waals surface area contributed by atoms with Crippen molar-refractivity contribution >= 4 is 17.3 Å². The number of nitrogens with zero attached hydrogens (tertiary/aromatic N) is 1. The first-order chi connectivity index (χ1) is 8.56. The van der Waals surface area contributed by atoms with Crippen LogP contribution in [0.4, 0.5) is 11.4 Å². The van der Waals surface area contributed by atoms with Gasteiger partial charge in [0, 0.05) is 23.9 Å². The first-order valence-electron chi connectivity index (χ1n) is 5.80. The van der Waals surface area contributed by atoms with Gasteiger partial charge >= 0.3 is 5.97 Å². The molecule has 2 rings (SSSR count). The summed E-state index contributed by atoms with van der Waals surface area (Å²) in [6.45, 7) is 0. The first-order valence-corrected chi connectivity index (χ1v) is 5.80. The number of hydrogen-bond donors (Lipinski definition) is 2. The number of nitro groups is 1. The number of aliphatic carboxylic acids is 1. The SMILES string of the molecule is O=C(O)C1CCC(Nc2cccc([N+](=O)[O-])c2)C1. The van der Waals surface area contributed by atoms with Crippen molar-refractivity contribution in [2.75, 3.05) is 5.32 Å². The second kappa shape index (κ2) is 5.03. The molecule has 1 aliphatic carbocycles. The van der Waals surface area contributed by atoms with Gasteiger partial charge < -0.3 is 10.4 Å². The topological polar surface area (TPSA) is 92.5 Å². The summed E-state index contributed by atoms with van der Waals surface area (Å²) >= 11 is 0. The van der Waals surface area contributed by atoms with Gasteiger partial charge in [-0.1, -0.05) is 6.07 Å². The molecule has 1 fully saturated rings. The number of nitrogens with one attached hydrogen (secondary N) is 1. The average molecular weight is 250 g/mol. The van der Waals surface area contributed by atoms with E-state index in [4.69, 9.17) is 5.11 Å². The molecule has 0 aliphatic heterocycles. The summed E-state index contributed by atoms with van der Waals surface area (Å²) in [4.78, 5) is 21.0. The van der Waals surface area contributed by atoms with Crippen molar-refractivity contribution in [3.05, 3.63) is 34.4 Å². The van der Waals surface area contributed by atoms with Gasteiger partial charge in [-0.15, -0.1) is 0 Å². The van der Waals surface area contributed by atoms with E-state index >= 15 is 0 Å². The van der Waals surface area contributed by atoms with Crippen LogP contribution in [0.25, 0.3) is 0 Å². The zero-order valence-electron chi connectivity index (χ0n) is 9.70. The van der Waals surface area contributed by atoms with Gasteiger partial charge in [0.25, 0.3) is 5.69 Å². The maximum atomic E-state index is 10.8. The minimum absolute atomic E-state index is 0.0350. The van der Waals surface area contributed by atoms with Crippen molar-refractivity contribution in [3.63, 3.8) is 0 Å². The summed E-state index contributed by atoms with van der Waals surface area (Å²) in [5.41, 5.74) is 0.702. The Bertz CT molecular complexity index is 475. The van der Waals surface area contributed by atoms with Crippen LogP contribution in [-0.2, 0) is 4.79 Å². The predicted molar refractivity (Wildman–Crippen MR) is 65.5 cm³/mol. The quantitative estimate of drug-likeness (QED) is 0.631. The van der Waals surface area contributed by atoms with Gasteiger partial charge in [0.15, 0.2) is 0 Å². The van der Waals surface area contributed by atoms with Gasteiger partial charge in [0.1, 0.15) is 0 Å². The lowest BCUT2D eigenvalue weighted by Gasteiger charge is -2.13. The molecule has 0 bridgehead atoms. The third-order valence-electron chi connectivity index (χ3n) is 3.21. The molecule has 0 saturated heterocycles. The maximum absolute atomic E-state index is 10.8. The van der Waals surface area contributed by atoms with Gasteiger partial charge in [-0.25, -0.2) is 0 Å². The fourth-order valence-corrected chi connectivity index (χ4v) is 2.28. The van der Waals surface area contributed by atoms with E-state index in [1.165, 1.54) is 12.1 Å². The summed E-state index contributed by atoms with van der Waals surface area (Å²) in [6, 6.07) is 6.34. The lowest BCUT2D eigenvalue weighted by molar-refractivity contribution is -0.384. The Morgan fingerprint density at radius 1 is 1.44 bits per heavy atom. The van der Waals surface area contributed by atoms with Gasteiger partial charge in [-0.2, -0.15) is 0 Å². The lowest BCUT2D eigenvalue weighted by Crippen LogP contribution is -2.17. The lowest BCUT2D eigenvalue weighted by atomic mass is 10.1. The predicted octanol–water partition coefficient (Wildman–Crippen LogP) is 2.26. The van der Waals surface area contributed by atoms with E-state index in [1.54, 1.807) is 12.1 Å². The first kappa shape index (κ1) is 12.3. The van der Waals surface area contributed by atoms with Gasteiger partial charge in [-0.05, 0) is 25.3 Å². The van der Waals surface area contributed by atoms with Crippen molar-refractivity contribution < 1.29 is 14.8 Å². The number of anilines is 1. The van der Waals surface area contributed by atoms with E-state index in [0.29, 0.717) is 18.5 Å². The zero-order chi connectivity index (χ0) is 13.1. The number of carboxylic acids is 1. The molecule has 18 heavy (non-hydrogen) atoms. The van der Waals surface area contributed by atoms with Crippen LogP contribution in [0.2, 0.25) is 0 Å². The van der Waals surface area contributed by atoms with Crippen LogP contribution in [0.3, 0.4) is 0 Å². The van der Waals surface area contributed by atoms with E-state index < -0.39 is 10.9 Å². The van der Waals surface area contributed by atoms with Crippen LogP contribution in [0, 0.1) is 16.0 Å². The molecule has 0 aromatic heterocycles. The Morgan fingerprint density at radius 2 is 2.22 bits per heavy atom. The molecule has 1 aromatic carbocycles. The highest BCUT2D eigenvalue weighted by atomic mass is 16.6. The van der Waals surface area contributed by atoms with Crippen LogP contribution in [0.1, 0.15) is 19.3 Å². The molecule has 2 N–H and O–H groups in total. The number of non-ortho nitro benzene ring substituents is 1. The highest BCUT2D eigenvalue weighted by Crippen LogP contribution is 2.29. The van der Waals surface area contributed by atoms with Crippen LogP contribution >= 0.6 is 0 Å². The summed E-state index contributed by atoms with van der Waals surface area (Å²) in [5.74, 6) is -1.07. The molecule has 1 aromatic rings. The summed E-state index contributed by atoms with van der Waals surface area (Å²) in [5, 5.41) is 22.7. The van der Waals surface area contributed by atoms with Crippen molar-refractivity contribution in [2.45, 2.75) is 25.3 Å². The monoisotopic (exact) mass is 250 g/mol. The second-order valence-electron chi connectivity index (χ2n) is 4.50. The molecule has 1 saturated carbocycles. The summed E-state index contributed by atoms with van der Waals surface area (Å²) in [7, 11) is 0. The molecule has 96 valence electrons. The van der Waals surface area contributed by atoms with Crippen molar-refractivity contribution in [1.82, 2.24) is 0 Å². The third-order valence-corrected chi connectivity index (χ3v) is 3.21. The number of carbonyl (C=O) groups is 1. The number of hydrogen-bond acceptors (Lipinski definition) is 4. The molecule has 2 atom stereocenters. The number of nitro benzene ring substituents is 1. The molecule has 2 unspecified atom stereocenters. The van der Waals surface area contributed by atoms with Crippen LogP contribution in [-0.4, -0.2) is 22.0 Å². The fourth-order valence-electron chi connectivity index (χ4n) is 2.28. The standard InChI is InChI=1S/C12H14N2O4/c15-12(16)8-4-5-10(6-8)13-9-2-1-3-11(7-9)14(17)18/h1-3,7-8,10,13H,4-6H2,(H,15,16). The third kappa shape index (κ3) is 2.77. The molecule has 0 amide bonds. The zero-order valence-corrected chi connectivity index (χ0v) is 9.70. The van der Waals surface area contributed by atoms with Gasteiger partial charge in [-0.3, -0.25) is 14.9 Å². The minimum Gasteiger partial charge on any atom is -0.481 e. The molecule has 0 radical (unpaired) electrons. The highest BCUT2D eigenvalue weighted by Gasteiger charge is 2.29. The number of carboxylic acid groups (broad SMARTS) is 1. The van der Waals surface area contributed by atoms with E-state index in [0.717, 1.165) is 6.42 Å². The van der Waals surface area contributed by atoms with Crippen molar-refractivity contribution in [1.29, 1.82) is 0 Å². The van der Waals surface area contributed by atoms with Crippen molar-refractivity contribution in [2.24, 2.45) is 5.92 Å². The molecule has 6 heteroatoms. The molecular formula is C12H14N2O4. The average Bonchev–Trinajstić information content (AvgIpc) is 2.78. The van der Waals surface area contributed by atoms with Crippen LogP contribution < -0.4 is 5.32 Å². The largest absolute Gasteiger partial charge is 0.481 e. The van der Waals surface area contributed by atoms with E-state index in [1.807, 2.05) is 0 Å². The fraction of sp³-hybridized carbons (Fsp3) is 0.417. The number of rotatable bonds is 4. The second-order valence-corrected chi connectivity index (χ2v) is 4.50. The highest BCUT2D eigenvalue weighted by molar-refractivity contribution is 5.70. The molecule has 1 aliphatic rings. The molecular weight excluding hydrogens is 236 g/mol. The Labute approximate surface area is 104 Å². The van der Waals surface area contributed by atoms with Crippen LogP contribution in [0.15, 0.2) is 24.3 Å². The maximum Gasteiger partial charge on any atom is 0.306 e. The van der Waals surface area contributed by atoms with Gasteiger partial charge in [0.05, 0.1) is 10.8 Å². The van der Waals surface area contributed by atoms with E-state index in [9.17, 15) is 14.9 Å². The van der Waals surface area contributed by atoms with Crippen molar-refractivity contribution in [3.8, 4) is 0 Å². The summed E-state index contributed by atoms with van der Waals surface area (Å²) < 4.78 is 0. The molecule has 6 nitrogen and oxygen atoms in total. The molecule has 0 heterocycles. The van der Waals surface area contributed by atoms with Gasteiger partial charge in [0.2, 0.25) is 0 Å². The Morgan fingerprint density at radius 3 is 2.83 bits per heavy atom. The van der Waals surface area contributed by atoms with E-state index in [-0.39, 0.29) is 17.6 Å². The van der Waals surface area contributed by atoms with Crippen LogP contribution in [0.5, 0.6) is 0 Å². The van der Waals surface area contributed by atoms with E-state index in [2.05, 4.69) is 5.32 Å². The number of benzene rings is 1. The minimum atomic E-state index is -0.765.